The molecule has 2 aliphatic rings. The lowest BCUT2D eigenvalue weighted by Gasteiger charge is -2.22. The van der Waals surface area contributed by atoms with Gasteiger partial charge in [-0.15, -0.1) is 17.5 Å². The van der Waals surface area contributed by atoms with Gasteiger partial charge in [-0.2, -0.15) is 0 Å². The molecule has 0 amide bonds. The predicted octanol–water partition coefficient (Wildman–Crippen LogP) is 3.18. The van der Waals surface area contributed by atoms with E-state index in [2.05, 4.69) is 20.5 Å². The van der Waals surface area contributed by atoms with Gasteiger partial charge in [0.2, 0.25) is 0 Å². The van der Waals surface area contributed by atoms with Gasteiger partial charge in [-0.05, 0) is 49.5 Å². The molecule has 1 aromatic heterocycles. The summed E-state index contributed by atoms with van der Waals surface area (Å²) in [4.78, 5) is 2.48. The number of nitrogens with one attached hydrogen (secondary N) is 1. The molecule has 2 aliphatic heterocycles. The summed E-state index contributed by atoms with van der Waals surface area (Å²) < 4.78 is 1.72. The van der Waals surface area contributed by atoms with Crippen molar-refractivity contribution in [2.24, 2.45) is 5.41 Å². The third-order valence-corrected chi connectivity index (χ3v) is 5.47. The van der Waals surface area contributed by atoms with E-state index in [1.807, 2.05) is 12.3 Å². The molecule has 3 heterocycles. The molecule has 0 radical (unpaired) electrons. The van der Waals surface area contributed by atoms with E-state index in [-0.39, 0.29) is 12.4 Å². The molecule has 2 aromatic rings. The van der Waals surface area contributed by atoms with Crippen LogP contribution in [0.4, 0.5) is 0 Å². The van der Waals surface area contributed by atoms with Gasteiger partial charge in [-0.1, -0.05) is 28.4 Å². The maximum absolute atomic E-state index is 6.24. The summed E-state index contributed by atoms with van der Waals surface area (Å²) >= 11 is 12.2. The lowest BCUT2D eigenvalue weighted by molar-refractivity contribution is 0.266. The topological polar surface area (TPSA) is 46.0 Å². The molecule has 1 spiro atoms. The lowest BCUT2D eigenvalue weighted by Crippen LogP contribution is -2.29. The fourth-order valence-electron chi connectivity index (χ4n) is 3.69. The molecule has 2 fully saturated rings. The highest BCUT2D eigenvalue weighted by molar-refractivity contribution is 6.35. The molecule has 1 atom stereocenters. The molecule has 0 bridgehead atoms. The Morgan fingerprint density at radius 2 is 2.12 bits per heavy atom. The van der Waals surface area contributed by atoms with Gasteiger partial charge in [0.05, 0.1) is 22.6 Å². The van der Waals surface area contributed by atoms with Crippen molar-refractivity contribution in [3.63, 3.8) is 0 Å². The number of hydrogen-bond acceptors (Lipinski definition) is 4. The number of rotatable bonds is 3. The Balaban J connectivity index is 0.00000169. The highest BCUT2D eigenvalue weighted by Gasteiger charge is 2.40. The van der Waals surface area contributed by atoms with Crippen molar-refractivity contribution in [2.75, 3.05) is 26.2 Å². The molecular weight excluding hydrogens is 369 g/mol. The van der Waals surface area contributed by atoms with E-state index >= 15 is 0 Å². The third kappa shape index (κ3) is 3.55. The molecule has 1 N–H and O–H groups in total. The van der Waals surface area contributed by atoms with Crippen molar-refractivity contribution >= 4 is 35.6 Å². The first kappa shape index (κ1) is 18.0. The molecule has 24 heavy (non-hydrogen) atoms. The number of hydrogen-bond donors (Lipinski definition) is 1. The summed E-state index contributed by atoms with van der Waals surface area (Å²) in [5.74, 6) is 0. The normalized spacial score (nSPS) is 23.8. The molecule has 130 valence electrons. The van der Waals surface area contributed by atoms with Crippen LogP contribution in [-0.4, -0.2) is 46.1 Å². The average molecular weight is 389 g/mol. The molecule has 1 aromatic carbocycles. The zero-order chi connectivity index (χ0) is 15.9. The van der Waals surface area contributed by atoms with Gasteiger partial charge in [-0.25, -0.2) is 4.68 Å². The Kier molecular flexibility index (Phi) is 5.37. The number of nitrogens with zero attached hydrogens (tertiary/aromatic N) is 4. The van der Waals surface area contributed by atoms with Crippen molar-refractivity contribution in [3.05, 3.63) is 40.1 Å². The van der Waals surface area contributed by atoms with E-state index < -0.39 is 0 Å². The summed E-state index contributed by atoms with van der Waals surface area (Å²) in [6, 6.07) is 5.39. The fourth-order valence-corrected chi connectivity index (χ4v) is 4.19. The number of aromatic nitrogens is 3. The first-order chi connectivity index (χ1) is 11.1. The van der Waals surface area contributed by atoms with Crippen LogP contribution < -0.4 is 5.32 Å². The van der Waals surface area contributed by atoms with Crippen molar-refractivity contribution in [1.29, 1.82) is 0 Å². The zero-order valence-corrected chi connectivity index (χ0v) is 15.5. The SMILES string of the molecule is Cl.Clc1ccc(-n2cc(CN3CCC4(CCNC4)C3)nn2)c(Cl)c1. The molecule has 1 unspecified atom stereocenters. The molecule has 0 aliphatic carbocycles. The van der Waals surface area contributed by atoms with Crippen LogP contribution in [-0.2, 0) is 6.54 Å². The number of likely N-dealkylation sites (tertiary alicyclic amines) is 1. The standard InChI is InChI=1S/C16H19Cl2N5.ClH/c17-12-1-2-15(14(18)7-12)23-9-13(20-21-23)8-22-6-4-16(11-22)3-5-19-10-16;/h1-2,7,9,19H,3-6,8,10-11H2;1H. The van der Waals surface area contributed by atoms with E-state index in [0.717, 1.165) is 44.1 Å². The fraction of sp³-hybridized carbons (Fsp3) is 0.500. The van der Waals surface area contributed by atoms with Gasteiger partial charge in [0.25, 0.3) is 0 Å². The van der Waals surface area contributed by atoms with Crippen molar-refractivity contribution in [2.45, 2.75) is 19.4 Å². The monoisotopic (exact) mass is 387 g/mol. The van der Waals surface area contributed by atoms with Gasteiger partial charge in [0.1, 0.15) is 0 Å². The summed E-state index contributed by atoms with van der Waals surface area (Å²) in [5, 5.41) is 13.2. The maximum Gasteiger partial charge on any atom is 0.0971 e. The first-order valence-corrected chi connectivity index (χ1v) is 8.69. The molecule has 4 rings (SSSR count). The number of benzene rings is 1. The number of halogens is 3. The van der Waals surface area contributed by atoms with E-state index in [1.165, 1.54) is 12.8 Å². The summed E-state index contributed by atoms with van der Waals surface area (Å²) in [7, 11) is 0. The summed E-state index contributed by atoms with van der Waals surface area (Å²) in [6.45, 7) is 5.42. The highest BCUT2D eigenvalue weighted by atomic mass is 35.5. The Labute approximate surface area is 157 Å². The Bertz CT molecular complexity index is 711. The van der Waals surface area contributed by atoms with Gasteiger partial charge in [-0.3, -0.25) is 4.90 Å². The van der Waals surface area contributed by atoms with Crippen molar-refractivity contribution in [3.8, 4) is 5.69 Å². The van der Waals surface area contributed by atoms with Crippen LogP contribution in [0.1, 0.15) is 18.5 Å². The predicted molar refractivity (Wildman–Crippen MR) is 98.4 cm³/mol. The van der Waals surface area contributed by atoms with Gasteiger partial charge < -0.3 is 5.32 Å². The largest absolute Gasteiger partial charge is 0.316 e. The second-order valence-corrected chi connectivity index (χ2v) is 7.48. The summed E-state index contributed by atoms with van der Waals surface area (Å²) in [5.41, 5.74) is 2.25. The van der Waals surface area contributed by atoms with Crippen LogP contribution in [0, 0.1) is 5.41 Å². The molecule has 2 saturated heterocycles. The summed E-state index contributed by atoms with van der Waals surface area (Å²) in [6.07, 6.45) is 4.51. The van der Waals surface area contributed by atoms with Crippen molar-refractivity contribution in [1.82, 2.24) is 25.2 Å². The van der Waals surface area contributed by atoms with Crippen LogP contribution in [0.25, 0.3) is 5.69 Å². The third-order valence-electron chi connectivity index (χ3n) is 4.93. The first-order valence-electron chi connectivity index (χ1n) is 7.93. The quantitative estimate of drug-likeness (QED) is 0.877. The highest BCUT2D eigenvalue weighted by Crippen LogP contribution is 2.36. The van der Waals surface area contributed by atoms with E-state index in [1.54, 1.807) is 16.8 Å². The molecular formula is C16H20Cl3N5. The maximum atomic E-state index is 6.24. The van der Waals surface area contributed by atoms with Gasteiger partial charge >= 0.3 is 0 Å². The zero-order valence-electron chi connectivity index (χ0n) is 13.2. The van der Waals surface area contributed by atoms with Crippen molar-refractivity contribution < 1.29 is 0 Å². The van der Waals surface area contributed by atoms with Gasteiger partial charge in [0, 0.05) is 24.7 Å². The lowest BCUT2D eigenvalue weighted by atomic mass is 9.87. The minimum atomic E-state index is 0. The Morgan fingerprint density at radius 3 is 2.88 bits per heavy atom. The second-order valence-electron chi connectivity index (χ2n) is 6.64. The van der Waals surface area contributed by atoms with E-state index in [9.17, 15) is 0 Å². The Morgan fingerprint density at radius 1 is 1.25 bits per heavy atom. The van der Waals surface area contributed by atoms with E-state index in [0.29, 0.717) is 15.5 Å². The minimum absolute atomic E-state index is 0. The van der Waals surface area contributed by atoms with Crippen LogP contribution in [0.3, 0.4) is 0 Å². The Hall–Kier alpha value is -0.850. The second kappa shape index (κ2) is 7.18. The van der Waals surface area contributed by atoms with Crippen LogP contribution in [0.5, 0.6) is 0 Å². The van der Waals surface area contributed by atoms with Gasteiger partial charge in [0.15, 0.2) is 0 Å². The molecule has 8 heteroatoms. The smallest absolute Gasteiger partial charge is 0.0971 e. The van der Waals surface area contributed by atoms with E-state index in [4.69, 9.17) is 23.2 Å². The van der Waals surface area contributed by atoms with Crippen LogP contribution in [0.15, 0.2) is 24.4 Å². The average Bonchev–Trinajstić information content (AvgIpc) is 3.24. The van der Waals surface area contributed by atoms with Crippen LogP contribution in [0.2, 0.25) is 10.0 Å². The van der Waals surface area contributed by atoms with Crippen LogP contribution >= 0.6 is 35.6 Å². The molecule has 5 nitrogen and oxygen atoms in total. The molecule has 0 saturated carbocycles. The minimum Gasteiger partial charge on any atom is -0.316 e.